The number of nitrogens with zero attached hydrogens (tertiary/aromatic N) is 2. The number of thiophene rings is 1. The summed E-state index contributed by atoms with van der Waals surface area (Å²) in [5.41, 5.74) is 2.27. The number of benzene rings is 1. The maximum absolute atomic E-state index is 12.3. The number of amides is 1. The SMILES string of the molecule is CN1CCN(C(CNC(=O)Cc2ccc(Cl)cc2)c2ccsc2)CC1. The van der Waals surface area contributed by atoms with Crippen LogP contribution in [0.4, 0.5) is 0 Å². The second kappa shape index (κ2) is 8.81. The van der Waals surface area contributed by atoms with Gasteiger partial charge in [-0.05, 0) is 47.1 Å². The highest BCUT2D eigenvalue weighted by Crippen LogP contribution is 2.23. The Hall–Kier alpha value is -1.40. The minimum absolute atomic E-state index is 0.0525. The molecule has 0 saturated carbocycles. The van der Waals surface area contributed by atoms with Crippen molar-refractivity contribution in [1.82, 2.24) is 15.1 Å². The normalized spacial score (nSPS) is 17.4. The maximum Gasteiger partial charge on any atom is 0.224 e. The van der Waals surface area contributed by atoms with Gasteiger partial charge in [0.05, 0.1) is 12.5 Å². The fraction of sp³-hybridized carbons (Fsp3) is 0.421. The highest BCUT2D eigenvalue weighted by Gasteiger charge is 2.24. The Balaban J connectivity index is 1.58. The van der Waals surface area contributed by atoms with Crippen LogP contribution in [0.2, 0.25) is 5.02 Å². The molecule has 1 aliphatic heterocycles. The Morgan fingerprint density at radius 1 is 1.20 bits per heavy atom. The second-order valence-electron chi connectivity index (χ2n) is 6.52. The van der Waals surface area contributed by atoms with Crippen LogP contribution in [-0.2, 0) is 11.2 Å². The molecule has 1 N–H and O–H groups in total. The summed E-state index contributed by atoms with van der Waals surface area (Å²) < 4.78 is 0. The number of rotatable bonds is 6. The lowest BCUT2D eigenvalue weighted by molar-refractivity contribution is -0.120. The first-order valence-electron chi connectivity index (χ1n) is 8.57. The summed E-state index contributed by atoms with van der Waals surface area (Å²) in [4.78, 5) is 17.2. The Kier molecular flexibility index (Phi) is 6.48. The van der Waals surface area contributed by atoms with Crippen molar-refractivity contribution >= 4 is 28.8 Å². The van der Waals surface area contributed by atoms with Gasteiger partial charge in [0.15, 0.2) is 0 Å². The number of hydrogen-bond donors (Lipinski definition) is 1. The van der Waals surface area contributed by atoms with E-state index in [4.69, 9.17) is 11.6 Å². The van der Waals surface area contributed by atoms with Gasteiger partial charge in [-0.1, -0.05) is 23.7 Å². The minimum atomic E-state index is 0.0525. The quantitative estimate of drug-likeness (QED) is 0.840. The molecule has 4 nitrogen and oxygen atoms in total. The van der Waals surface area contributed by atoms with E-state index in [1.165, 1.54) is 5.56 Å². The highest BCUT2D eigenvalue weighted by molar-refractivity contribution is 7.07. The van der Waals surface area contributed by atoms with Crippen molar-refractivity contribution in [2.75, 3.05) is 39.8 Å². The monoisotopic (exact) mass is 377 g/mol. The lowest BCUT2D eigenvalue weighted by Gasteiger charge is -2.38. The molecular formula is C19H24ClN3OS. The zero-order valence-electron chi connectivity index (χ0n) is 14.5. The van der Waals surface area contributed by atoms with E-state index < -0.39 is 0 Å². The van der Waals surface area contributed by atoms with E-state index in [0.717, 1.165) is 31.7 Å². The first-order chi connectivity index (χ1) is 12.1. The smallest absolute Gasteiger partial charge is 0.224 e. The number of carbonyl (C=O) groups is 1. The second-order valence-corrected chi connectivity index (χ2v) is 7.74. The van der Waals surface area contributed by atoms with Gasteiger partial charge in [-0.15, -0.1) is 0 Å². The van der Waals surface area contributed by atoms with E-state index in [1.807, 2.05) is 24.3 Å². The first kappa shape index (κ1) is 18.4. The summed E-state index contributed by atoms with van der Waals surface area (Å²) in [5.74, 6) is 0.0525. The van der Waals surface area contributed by atoms with E-state index >= 15 is 0 Å². The van der Waals surface area contributed by atoms with Crippen LogP contribution >= 0.6 is 22.9 Å². The summed E-state index contributed by atoms with van der Waals surface area (Å²) in [6, 6.07) is 9.86. The molecular weight excluding hydrogens is 354 g/mol. The largest absolute Gasteiger partial charge is 0.354 e. The van der Waals surface area contributed by atoms with Crippen LogP contribution in [0.1, 0.15) is 17.2 Å². The fourth-order valence-electron chi connectivity index (χ4n) is 3.12. The standard InChI is InChI=1S/C19H24ClN3OS/c1-22-7-9-23(10-8-22)18(16-6-11-25-14-16)13-21-19(24)12-15-2-4-17(20)5-3-15/h2-6,11,14,18H,7-10,12-13H2,1H3,(H,21,24). The van der Waals surface area contributed by atoms with E-state index in [-0.39, 0.29) is 11.9 Å². The fourth-order valence-corrected chi connectivity index (χ4v) is 3.95. The van der Waals surface area contributed by atoms with Crippen LogP contribution in [0.3, 0.4) is 0 Å². The molecule has 1 aromatic heterocycles. The van der Waals surface area contributed by atoms with Crippen molar-refractivity contribution in [1.29, 1.82) is 0 Å². The minimum Gasteiger partial charge on any atom is -0.354 e. The molecule has 2 aromatic rings. The first-order valence-corrected chi connectivity index (χ1v) is 9.90. The van der Waals surface area contributed by atoms with E-state index in [0.29, 0.717) is 18.0 Å². The van der Waals surface area contributed by atoms with Crippen LogP contribution in [0.5, 0.6) is 0 Å². The molecule has 1 atom stereocenters. The summed E-state index contributed by atoms with van der Waals surface area (Å²) >= 11 is 7.60. The Morgan fingerprint density at radius 3 is 2.56 bits per heavy atom. The number of carbonyl (C=O) groups excluding carboxylic acids is 1. The Morgan fingerprint density at radius 2 is 1.92 bits per heavy atom. The van der Waals surface area contributed by atoms with Crippen LogP contribution in [-0.4, -0.2) is 55.5 Å². The summed E-state index contributed by atoms with van der Waals surface area (Å²) in [6.07, 6.45) is 0.385. The third-order valence-corrected chi connectivity index (χ3v) is 5.63. The average Bonchev–Trinajstić information content (AvgIpc) is 3.13. The van der Waals surface area contributed by atoms with Crippen molar-refractivity contribution in [2.45, 2.75) is 12.5 Å². The molecule has 2 heterocycles. The number of hydrogen-bond acceptors (Lipinski definition) is 4. The summed E-state index contributed by atoms with van der Waals surface area (Å²) in [5, 5.41) is 8.11. The van der Waals surface area contributed by atoms with Crippen LogP contribution in [0.25, 0.3) is 0 Å². The highest BCUT2D eigenvalue weighted by atomic mass is 35.5. The van der Waals surface area contributed by atoms with Gasteiger partial charge in [-0.3, -0.25) is 9.69 Å². The zero-order valence-corrected chi connectivity index (χ0v) is 16.0. The molecule has 1 aliphatic rings. The van der Waals surface area contributed by atoms with Crippen LogP contribution in [0, 0.1) is 0 Å². The van der Waals surface area contributed by atoms with Crippen molar-refractivity contribution < 1.29 is 4.79 Å². The molecule has 1 saturated heterocycles. The predicted molar refractivity (Wildman–Crippen MR) is 104 cm³/mol. The molecule has 1 fully saturated rings. The van der Waals surface area contributed by atoms with E-state index in [9.17, 15) is 4.79 Å². The van der Waals surface area contributed by atoms with Gasteiger partial charge in [0.1, 0.15) is 0 Å². The predicted octanol–water partition coefficient (Wildman–Crippen LogP) is 3.05. The molecule has 134 valence electrons. The molecule has 1 unspecified atom stereocenters. The zero-order chi connectivity index (χ0) is 17.6. The van der Waals surface area contributed by atoms with Gasteiger partial charge in [-0.25, -0.2) is 0 Å². The number of halogens is 1. The number of piperazine rings is 1. The van der Waals surface area contributed by atoms with Gasteiger partial charge in [0.25, 0.3) is 0 Å². The maximum atomic E-state index is 12.3. The van der Waals surface area contributed by atoms with Gasteiger partial charge in [0.2, 0.25) is 5.91 Å². The summed E-state index contributed by atoms with van der Waals surface area (Å²) in [7, 11) is 2.16. The third kappa shape index (κ3) is 5.28. The molecule has 6 heteroatoms. The average molecular weight is 378 g/mol. The molecule has 3 rings (SSSR count). The summed E-state index contributed by atoms with van der Waals surface area (Å²) in [6.45, 7) is 4.85. The molecule has 1 amide bonds. The third-order valence-electron chi connectivity index (χ3n) is 4.68. The Labute approximate surface area is 158 Å². The lowest BCUT2D eigenvalue weighted by Crippen LogP contribution is -2.48. The topological polar surface area (TPSA) is 35.6 Å². The molecule has 1 aromatic carbocycles. The number of likely N-dealkylation sites (N-methyl/N-ethyl adjacent to an activating group) is 1. The van der Waals surface area contributed by atoms with Gasteiger partial charge < -0.3 is 10.2 Å². The van der Waals surface area contributed by atoms with Crippen molar-refractivity contribution in [2.24, 2.45) is 0 Å². The van der Waals surface area contributed by atoms with Gasteiger partial charge >= 0.3 is 0 Å². The van der Waals surface area contributed by atoms with Crippen LogP contribution < -0.4 is 5.32 Å². The van der Waals surface area contributed by atoms with Gasteiger partial charge in [0, 0.05) is 37.7 Å². The van der Waals surface area contributed by atoms with Gasteiger partial charge in [-0.2, -0.15) is 11.3 Å². The molecule has 0 radical (unpaired) electrons. The van der Waals surface area contributed by atoms with Crippen LogP contribution in [0.15, 0.2) is 41.1 Å². The van der Waals surface area contributed by atoms with Crippen molar-refractivity contribution in [3.8, 4) is 0 Å². The van der Waals surface area contributed by atoms with E-state index in [1.54, 1.807) is 11.3 Å². The Bertz CT molecular complexity index is 666. The number of nitrogens with one attached hydrogen (secondary N) is 1. The van der Waals surface area contributed by atoms with Crippen molar-refractivity contribution in [3.63, 3.8) is 0 Å². The molecule has 0 bridgehead atoms. The molecule has 0 aliphatic carbocycles. The van der Waals surface area contributed by atoms with Crippen molar-refractivity contribution in [3.05, 3.63) is 57.2 Å². The molecule has 0 spiro atoms. The lowest BCUT2D eigenvalue weighted by atomic mass is 10.1. The van der Waals surface area contributed by atoms with E-state index in [2.05, 4.69) is 39.0 Å². The molecule has 25 heavy (non-hydrogen) atoms.